The van der Waals surface area contributed by atoms with Gasteiger partial charge in [-0.1, -0.05) is 18.9 Å². The molecular formula is C16H25NO2. The third kappa shape index (κ3) is 4.13. The zero-order valence-electron chi connectivity index (χ0n) is 12.2. The highest BCUT2D eigenvalue weighted by Crippen LogP contribution is 2.27. The van der Waals surface area contributed by atoms with E-state index in [1.807, 2.05) is 6.07 Å². The van der Waals surface area contributed by atoms with Gasteiger partial charge in [0, 0.05) is 6.54 Å². The fraction of sp³-hybridized carbons (Fsp3) is 0.625. The molecule has 0 unspecified atom stereocenters. The Morgan fingerprint density at radius 1 is 0.947 bits per heavy atom. The molecule has 0 radical (unpaired) electrons. The minimum Gasteiger partial charge on any atom is -0.493 e. The van der Waals surface area contributed by atoms with Gasteiger partial charge in [-0.2, -0.15) is 0 Å². The summed E-state index contributed by atoms with van der Waals surface area (Å²) in [7, 11) is 3.37. The van der Waals surface area contributed by atoms with Crippen molar-refractivity contribution in [1.82, 2.24) is 4.90 Å². The van der Waals surface area contributed by atoms with Crippen LogP contribution in [0.5, 0.6) is 11.5 Å². The number of ether oxygens (including phenoxy) is 2. The van der Waals surface area contributed by atoms with Crippen LogP contribution in [0.4, 0.5) is 0 Å². The van der Waals surface area contributed by atoms with Gasteiger partial charge in [0.25, 0.3) is 0 Å². The van der Waals surface area contributed by atoms with E-state index in [2.05, 4.69) is 17.0 Å². The highest BCUT2D eigenvalue weighted by atomic mass is 16.5. The van der Waals surface area contributed by atoms with Crippen LogP contribution in [0.1, 0.15) is 31.2 Å². The Hall–Kier alpha value is -1.22. The highest BCUT2D eigenvalue weighted by Gasteiger charge is 2.10. The number of likely N-dealkylation sites (tertiary alicyclic amines) is 1. The van der Waals surface area contributed by atoms with Crippen molar-refractivity contribution in [2.24, 2.45) is 0 Å². The Kier molecular flexibility index (Phi) is 5.52. The van der Waals surface area contributed by atoms with Crippen molar-refractivity contribution in [3.63, 3.8) is 0 Å². The molecule has 0 atom stereocenters. The minimum atomic E-state index is 0.807. The third-order valence-corrected chi connectivity index (χ3v) is 3.86. The molecule has 3 nitrogen and oxygen atoms in total. The summed E-state index contributed by atoms with van der Waals surface area (Å²) < 4.78 is 10.6. The summed E-state index contributed by atoms with van der Waals surface area (Å²) in [5.41, 5.74) is 1.32. The molecule has 0 amide bonds. The van der Waals surface area contributed by atoms with Crippen molar-refractivity contribution in [1.29, 1.82) is 0 Å². The van der Waals surface area contributed by atoms with Gasteiger partial charge in [0.05, 0.1) is 14.2 Å². The van der Waals surface area contributed by atoms with Crippen LogP contribution in [-0.2, 0) is 6.42 Å². The van der Waals surface area contributed by atoms with Gasteiger partial charge in [0.2, 0.25) is 0 Å². The second-order valence-corrected chi connectivity index (χ2v) is 5.20. The van der Waals surface area contributed by atoms with Crippen LogP contribution in [0.25, 0.3) is 0 Å². The quantitative estimate of drug-likeness (QED) is 0.814. The lowest BCUT2D eigenvalue weighted by Gasteiger charge is -2.19. The van der Waals surface area contributed by atoms with Crippen molar-refractivity contribution in [2.45, 2.75) is 32.1 Å². The van der Waals surface area contributed by atoms with Gasteiger partial charge in [-0.15, -0.1) is 0 Å². The van der Waals surface area contributed by atoms with Crippen LogP contribution in [0.15, 0.2) is 18.2 Å². The van der Waals surface area contributed by atoms with Gasteiger partial charge in [-0.25, -0.2) is 0 Å². The van der Waals surface area contributed by atoms with Crippen molar-refractivity contribution < 1.29 is 9.47 Å². The average Bonchev–Trinajstić information content (AvgIpc) is 2.73. The van der Waals surface area contributed by atoms with Gasteiger partial charge < -0.3 is 14.4 Å². The van der Waals surface area contributed by atoms with E-state index in [9.17, 15) is 0 Å². The lowest BCUT2D eigenvalue weighted by molar-refractivity contribution is 0.288. The molecule has 1 aromatic carbocycles. The maximum Gasteiger partial charge on any atom is 0.160 e. The third-order valence-electron chi connectivity index (χ3n) is 3.86. The van der Waals surface area contributed by atoms with Gasteiger partial charge in [0.1, 0.15) is 0 Å². The van der Waals surface area contributed by atoms with Crippen LogP contribution in [0.3, 0.4) is 0 Å². The summed E-state index contributed by atoms with van der Waals surface area (Å²) in [4.78, 5) is 2.59. The van der Waals surface area contributed by atoms with Gasteiger partial charge in [-0.3, -0.25) is 0 Å². The summed E-state index contributed by atoms with van der Waals surface area (Å²) in [5, 5.41) is 0. The molecule has 106 valence electrons. The zero-order valence-corrected chi connectivity index (χ0v) is 12.2. The van der Waals surface area contributed by atoms with E-state index >= 15 is 0 Å². The number of benzene rings is 1. The molecule has 1 fully saturated rings. The number of rotatable bonds is 5. The SMILES string of the molecule is COc1ccc(CCN2CCCCCC2)cc1OC. The van der Waals surface area contributed by atoms with E-state index in [4.69, 9.17) is 9.47 Å². The normalized spacial score (nSPS) is 16.9. The van der Waals surface area contributed by atoms with Crippen LogP contribution < -0.4 is 9.47 Å². The first-order chi connectivity index (χ1) is 9.33. The molecule has 0 aromatic heterocycles. The zero-order chi connectivity index (χ0) is 13.5. The number of hydrogen-bond donors (Lipinski definition) is 0. The van der Waals surface area contributed by atoms with Crippen LogP contribution in [0.2, 0.25) is 0 Å². The summed E-state index contributed by atoms with van der Waals surface area (Å²) in [6.45, 7) is 3.66. The molecule has 0 N–H and O–H groups in total. The van der Waals surface area contributed by atoms with E-state index in [1.54, 1.807) is 14.2 Å². The van der Waals surface area contributed by atoms with Crippen molar-refractivity contribution in [3.8, 4) is 11.5 Å². The minimum absolute atomic E-state index is 0.807. The average molecular weight is 263 g/mol. The maximum atomic E-state index is 5.35. The molecule has 19 heavy (non-hydrogen) atoms. The fourth-order valence-corrected chi connectivity index (χ4v) is 2.68. The highest BCUT2D eigenvalue weighted by molar-refractivity contribution is 5.42. The van der Waals surface area contributed by atoms with E-state index < -0.39 is 0 Å². The molecule has 0 bridgehead atoms. The summed E-state index contributed by atoms with van der Waals surface area (Å²) in [5.74, 6) is 1.64. The van der Waals surface area contributed by atoms with E-state index in [0.717, 1.165) is 24.5 Å². The number of methoxy groups -OCH3 is 2. The second-order valence-electron chi connectivity index (χ2n) is 5.20. The first-order valence-electron chi connectivity index (χ1n) is 7.27. The molecule has 1 aromatic rings. The van der Waals surface area contributed by atoms with E-state index in [0.29, 0.717) is 0 Å². The Balaban J connectivity index is 1.91. The predicted molar refractivity (Wildman–Crippen MR) is 78.2 cm³/mol. The molecule has 1 aliphatic rings. The molecule has 1 heterocycles. The molecular weight excluding hydrogens is 238 g/mol. The van der Waals surface area contributed by atoms with Gasteiger partial charge in [-0.05, 0) is 50.0 Å². The Morgan fingerprint density at radius 3 is 2.26 bits per heavy atom. The maximum absolute atomic E-state index is 5.35. The number of hydrogen-bond acceptors (Lipinski definition) is 3. The second kappa shape index (κ2) is 7.39. The van der Waals surface area contributed by atoms with Crippen molar-refractivity contribution in [3.05, 3.63) is 23.8 Å². The van der Waals surface area contributed by atoms with Crippen molar-refractivity contribution >= 4 is 0 Å². The molecule has 0 aliphatic carbocycles. The largest absolute Gasteiger partial charge is 0.493 e. The summed E-state index contributed by atoms with van der Waals surface area (Å²) in [6.07, 6.45) is 6.58. The molecule has 1 saturated heterocycles. The standard InChI is InChI=1S/C16H25NO2/c1-18-15-8-7-14(13-16(15)19-2)9-12-17-10-5-3-4-6-11-17/h7-8,13H,3-6,9-12H2,1-2H3. The fourth-order valence-electron chi connectivity index (χ4n) is 2.68. The Morgan fingerprint density at radius 2 is 1.63 bits per heavy atom. The first-order valence-corrected chi connectivity index (χ1v) is 7.27. The van der Waals surface area contributed by atoms with E-state index in [1.165, 1.54) is 44.3 Å². The van der Waals surface area contributed by atoms with Crippen molar-refractivity contribution in [2.75, 3.05) is 33.9 Å². The van der Waals surface area contributed by atoms with Crippen LogP contribution >= 0.6 is 0 Å². The lowest BCUT2D eigenvalue weighted by Crippen LogP contribution is -2.26. The molecule has 1 aliphatic heterocycles. The van der Waals surface area contributed by atoms with Crippen LogP contribution in [0, 0.1) is 0 Å². The Labute approximate surface area is 116 Å². The molecule has 3 heteroatoms. The molecule has 2 rings (SSSR count). The topological polar surface area (TPSA) is 21.7 Å². The molecule has 0 spiro atoms. The summed E-state index contributed by atoms with van der Waals surface area (Å²) >= 11 is 0. The lowest BCUT2D eigenvalue weighted by atomic mass is 10.1. The van der Waals surface area contributed by atoms with Crippen LogP contribution in [-0.4, -0.2) is 38.8 Å². The molecule has 0 saturated carbocycles. The Bertz CT molecular complexity index is 384. The van der Waals surface area contributed by atoms with Gasteiger partial charge in [0.15, 0.2) is 11.5 Å². The van der Waals surface area contributed by atoms with E-state index in [-0.39, 0.29) is 0 Å². The smallest absolute Gasteiger partial charge is 0.160 e. The number of nitrogens with zero attached hydrogens (tertiary/aromatic N) is 1. The summed E-state index contributed by atoms with van der Waals surface area (Å²) in [6, 6.07) is 6.23. The predicted octanol–water partition coefficient (Wildman–Crippen LogP) is 3.12. The first kappa shape index (κ1) is 14.2. The monoisotopic (exact) mass is 263 g/mol. The van der Waals surface area contributed by atoms with Gasteiger partial charge >= 0.3 is 0 Å².